The van der Waals surface area contributed by atoms with Crippen molar-refractivity contribution in [3.8, 4) is 0 Å². The third kappa shape index (κ3) is 7.71. The van der Waals surface area contributed by atoms with Gasteiger partial charge in [-0.1, -0.05) is 13.3 Å². The van der Waals surface area contributed by atoms with Crippen LogP contribution in [0.25, 0.3) is 0 Å². The number of piperidine rings is 1. The highest BCUT2D eigenvalue weighted by molar-refractivity contribution is 4.68. The second kappa shape index (κ2) is 9.83. The van der Waals surface area contributed by atoms with E-state index in [0.29, 0.717) is 19.1 Å². The first-order chi connectivity index (χ1) is 8.33. The average Bonchev–Trinajstić information content (AvgIpc) is 2.36. The van der Waals surface area contributed by atoms with E-state index >= 15 is 0 Å². The molecule has 0 radical (unpaired) electrons. The van der Waals surface area contributed by atoms with E-state index in [2.05, 4.69) is 12.2 Å². The summed E-state index contributed by atoms with van der Waals surface area (Å²) in [5, 5.41) is 12.9. The van der Waals surface area contributed by atoms with Gasteiger partial charge in [-0.2, -0.15) is 0 Å². The quantitative estimate of drug-likeness (QED) is 0.599. The van der Waals surface area contributed by atoms with Crippen molar-refractivity contribution in [2.45, 2.75) is 38.7 Å². The Morgan fingerprint density at radius 3 is 2.65 bits per heavy atom. The maximum absolute atomic E-state index is 9.62. The molecule has 1 aliphatic heterocycles. The lowest BCUT2D eigenvalue weighted by atomic mass is 9.99. The summed E-state index contributed by atoms with van der Waals surface area (Å²) < 4.78 is 10.9. The number of rotatable bonds is 9. The highest BCUT2D eigenvalue weighted by atomic mass is 16.5. The van der Waals surface area contributed by atoms with Crippen molar-refractivity contribution in [2.24, 2.45) is 5.92 Å². The first-order valence-corrected chi connectivity index (χ1v) is 6.87. The molecule has 0 amide bonds. The Morgan fingerprint density at radius 2 is 1.94 bits per heavy atom. The third-order valence-corrected chi connectivity index (χ3v) is 3.07. The molecular weight excluding hydrogens is 218 g/mol. The first kappa shape index (κ1) is 14.9. The molecule has 0 aromatic heterocycles. The molecule has 4 nitrogen and oxygen atoms in total. The van der Waals surface area contributed by atoms with E-state index in [1.807, 2.05) is 0 Å². The van der Waals surface area contributed by atoms with Gasteiger partial charge in [0.2, 0.25) is 0 Å². The predicted octanol–water partition coefficient (Wildman–Crippen LogP) is 1.18. The fraction of sp³-hybridized carbons (Fsp3) is 1.00. The molecule has 1 rings (SSSR count). The van der Waals surface area contributed by atoms with E-state index < -0.39 is 6.10 Å². The van der Waals surface area contributed by atoms with Gasteiger partial charge < -0.3 is 19.9 Å². The van der Waals surface area contributed by atoms with Gasteiger partial charge in [0, 0.05) is 13.2 Å². The lowest BCUT2D eigenvalue weighted by molar-refractivity contribution is -0.0284. The SMILES string of the molecule is CCCCOCC(O)COCC1CCNCC1. The second-order valence-electron chi connectivity index (χ2n) is 4.81. The number of unbranched alkanes of at least 4 members (excludes halogenated alkanes) is 1. The Balaban J connectivity index is 1.90. The van der Waals surface area contributed by atoms with Crippen molar-refractivity contribution in [2.75, 3.05) is 39.5 Å². The van der Waals surface area contributed by atoms with Crippen LogP contribution in [0.1, 0.15) is 32.6 Å². The molecular formula is C13H27NO3. The number of aliphatic hydroxyl groups is 1. The highest BCUT2D eigenvalue weighted by Gasteiger charge is 2.13. The molecule has 102 valence electrons. The van der Waals surface area contributed by atoms with E-state index in [-0.39, 0.29) is 0 Å². The van der Waals surface area contributed by atoms with Gasteiger partial charge >= 0.3 is 0 Å². The van der Waals surface area contributed by atoms with Gasteiger partial charge in [0.25, 0.3) is 0 Å². The molecule has 1 fully saturated rings. The summed E-state index contributed by atoms with van der Waals surface area (Å²) in [6.07, 6.45) is 4.07. The summed E-state index contributed by atoms with van der Waals surface area (Å²) in [6.45, 7) is 6.62. The molecule has 1 atom stereocenters. The van der Waals surface area contributed by atoms with Gasteiger partial charge in [0.15, 0.2) is 0 Å². The van der Waals surface area contributed by atoms with Gasteiger partial charge in [-0.05, 0) is 38.3 Å². The van der Waals surface area contributed by atoms with Gasteiger partial charge in [0.05, 0.1) is 13.2 Å². The number of aliphatic hydroxyl groups excluding tert-OH is 1. The molecule has 0 aromatic rings. The van der Waals surface area contributed by atoms with Crippen LogP contribution in [0.5, 0.6) is 0 Å². The zero-order valence-corrected chi connectivity index (χ0v) is 11.0. The zero-order valence-electron chi connectivity index (χ0n) is 11.0. The van der Waals surface area contributed by atoms with Crippen LogP contribution in [0, 0.1) is 5.92 Å². The molecule has 0 spiro atoms. The minimum atomic E-state index is -0.478. The largest absolute Gasteiger partial charge is 0.388 e. The van der Waals surface area contributed by atoms with Gasteiger partial charge in [0.1, 0.15) is 6.10 Å². The van der Waals surface area contributed by atoms with Gasteiger partial charge in [-0.15, -0.1) is 0 Å². The topological polar surface area (TPSA) is 50.7 Å². The number of hydrogen-bond acceptors (Lipinski definition) is 4. The minimum absolute atomic E-state index is 0.395. The van der Waals surface area contributed by atoms with Gasteiger partial charge in [-0.25, -0.2) is 0 Å². The summed E-state index contributed by atoms with van der Waals surface area (Å²) in [4.78, 5) is 0. The van der Waals surface area contributed by atoms with Crippen LogP contribution in [-0.2, 0) is 9.47 Å². The molecule has 1 saturated heterocycles. The molecule has 0 aromatic carbocycles. The molecule has 0 saturated carbocycles. The molecule has 0 bridgehead atoms. The average molecular weight is 245 g/mol. The van der Waals surface area contributed by atoms with Crippen LogP contribution in [0.3, 0.4) is 0 Å². The van der Waals surface area contributed by atoms with Gasteiger partial charge in [-0.3, -0.25) is 0 Å². The van der Waals surface area contributed by atoms with Crippen LogP contribution in [0.2, 0.25) is 0 Å². The van der Waals surface area contributed by atoms with E-state index in [9.17, 15) is 5.11 Å². The molecule has 2 N–H and O–H groups in total. The Labute approximate surface area is 105 Å². The van der Waals surface area contributed by atoms with E-state index in [0.717, 1.165) is 39.1 Å². The van der Waals surface area contributed by atoms with Crippen molar-refractivity contribution in [3.05, 3.63) is 0 Å². The molecule has 17 heavy (non-hydrogen) atoms. The summed E-state index contributed by atoms with van der Waals surface area (Å²) in [5.74, 6) is 0.657. The van der Waals surface area contributed by atoms with E-state index in [1.54, 1.807) is 0 Å². The monoisotopic (exact) mass is 245 g/mol. The Morgan fingerprint density at radius 1 is 1.24 bits per heavy atom. The molecule has 4 heteroatoms. The van der Waals surface area contributed by atoms with Crippen LogP contribution >= 0.6 is 0 Å². The zero-order chi connectivity index (χ0) is 12.3. The summed E-state index contributed by atoms with van der Waals surface area (Å²) in [5.41, 5.74) is 0. The van der Waals surface area contributed by atoms with Crippen molar-refractivity contribution in [1.82, 2.24) is 5.32 Å². The number of hydrogen-bond donors (Lipinski definition) is 2. The fourth-order valence-corrected chi connectivity index (χ4v) is 1.93. The summed E-state index contributed by atoms with van der Waals surface area (Å²) in [7, 11) is 0. The van der Waals surface area contributed by atoms with Crippen LogP contribution in [0.4, 0.5) is 0 Å². The summed E-state index contributed by atoms with van der Waals surface area (Å²) in [6, 6.07) is 0. The van der Waals surface area contributed by atoms with Crippen molar-refractivity contribution >= 4 is 0 Å². The maximum atomic E-state index is 9.62. The molecule has 0 aliphatic carbocycles. The molecule has 1 unspecified atom stereocenters. The third-order valence-electron chi connectivity index (χ3n) is 3.07. The lowest BCUT2D eigenvalue weighted by Gasteiger charge is -2.22. The Kier molecular flexibility index (Phi) is 8.61. The minimum Gasteiger partial charge on any atom is -0.388 e. The number of ether oxygens (including phenoxy) is 2. The van der Waals surface area contributed by atoms with Crippen molar-refractivity contribution < 1.29 is 14.6 Å². The van der Waals surface area contributed by atoms with Crippen molar-refractivity contribution in [3.63, 3.8) is 0 Å². The Bertz CT molecular complexity index is 172. The van der Waals surface area contributed by atoms with E-state index in [1.165, 1.54) is 12.8 Å². The second-order valence-corrected chi connectivity index (χ2v) is 4.81. The lowest BCUT2D eigenvalue weighted by Crippen LogP contribution is -2.31. The van der Waals surface area contributed by atoms with E-state index in [4.69, 9.17) is 9.47 Å². The molecule has 1 heterocycles. The fourth-order valence-electron chi connectivity index (χ4n) is 1.93. The van der Waals surface area contributed by atoms with Crippen LogP contribution in [-0.4, -0.2) is 50.7 Å². The normalized spacial score (nSPS) is 19.4. The first-order valence-electron chi connectivity index (χ1n) is 6.87. The van der Waals surface area contributed by atoms with Crippen LogP contribution in [0.15, 0.2) is 0 Å². The van der Waals surface area contributed by atoms with Crippen LogP contribution < -0.4 is 5.32 Å². The number of nitrogens with one attached hydrogen (secondary N) is 1. The van der Waals surface area contributed by atoms with Crippen molar-refractivity contribution in [1.29, 1.82) is 0 Å². The summed E-state index contributed by atoms with van der Waals surface area (Å²) >= 11 is 0. The standard InChI is InChI=1S/C13H27NO3/c1-2-3-8-16-10-13(15)11-17-9-12-4-6-14-7-5-12/h12-15H,2-11H2,1H3. The smallest absolute Gasteiger partial charge is 0.101 e. The predicted molar refractivity (Wildman–Crippen MR) is 68.1 cm³/mol. The molecule has 1 aliphatic rings. The highest BCUT2D eigenvalue weighted by Crippen LogP contribution is 2.11. The maximum Gasteiger partial charge on any atom is 0.101 e. The Hall–Kier alpha value is -0.160.